The summed E-state index contributed by atoms with van der Waals surface area (Å²) < 4.78 is 0. The SMILES string of the molecule is CCCCCCCCCCC[PH](CCCC)(CCCCCCCCCCC)CCCCCCCCCCC. The van der Waals surface area contributed by atoms with E-state index in [1.54, 1.807) is 43.9 Å². The first-order valence-corrected chi connectivity index (χ1v) is 21.6. The first kappa shape index (κ1) is 38.4. The van der Waals surface area contributed by atoms with E-state index in [0.29, 0.717) is 0 Å². The Bertz CT molecular complexity index is 362. The van der Waals surface area contributed by atoms with E-state index in [9.17, 15) is 0 Å². The molecule has 0 saturated carbocycles. The van der Waals surface area contributed by atoms with Gasteiger partial charge in [-0.2, -0.15) is 0 Å². The molecule has 0 aromatic carbocycles. The summed E-state index contributed by atoms with van der Waals surface area (Å²) >= 11 is 0. The van der Waals surface area contributed by atoms with Crippen LogP contribution < -0.4 is 0 Å². The molecule has 0 amide bonds. The fourth-order valence-corrected chi connectivity index (χ4v) is 12.3. The number of unbranched alkanes of at least 4 members (excludes halogenated alkanes) is 25. The Labute approximate surface area is 245 Å². The summed E-state index contributed by atoms with van der Waals surface area (Å²) in [6.07, 6.45) is 49.8. The van der Waals surface area contributed by atoms with Crippen LogP contribution >= 0.6 is 7.26 Å². The zero-order valence-corrected chi connectivity index (χ0v) is 28.8. The first-order chi connectivity index (χ1) is 18.7. The minimum atomic E-state index is -1.07. The summed E-state index contributed by atoms with van der Waals surface area (Å²) in [5, 5.41) is 0. The van der Waals surface area contributed by atoms with Crippen LogP contribution in [0.25, 0.3) is 0 Å². The third-order valence-electron chi connectivity index (χ3n) is 9.49. The van der Waals surface area contributed by atoms with Crippen LogP contribution in [0.5, 0.6) is 0 Å². The molecule has 0 aromatic heterocycles. The van der Waals surface area contributed by atoms with E-state index in [2.05, 4.69) is 27.7 Å². The quantitative estimate of drug-likeness (QED) is 0.0559. The molecule has 0 saturated heterocycles. The van der Waals surface area contributed by atoms with Crippen molar-refractivity contribution in [1.29, 1.82) is 0 Å². The van der Waals surface area contributed by atoms with Gasteiger partial charge in [0, 0.05) is 0 Å². The average molecular weight is 555 g/mol. The van der Waals surface area contributed by atoms with Gasteiger partial charge in [0.05, 0.1) is 0 Å². The van der Waals surface area contributed by atoms with E-state index in [4.69, 9.17) is 0 Å². The summed E-state index contributed by atoms with van der Waals surface area (Å²) in [5.74, 6) is 0. The number of rotatable bonds is 33. The molecule has 0 unspecified atom stereocenters. The topological polar surface area (TPSA) is 0 Å². The van der Waals surface area contributed by atoms with Gasteiger partial charge in [-0.15, -0.1) is 0 Å². The molecule has 232 valence electrons. The molecule has 0 nitrogen and oxygen atoms in total. The summed E-state index contributed by atoms with van der Waals surface area (Å²) in [6, 6.07) is 0. The Kier molecular flexibility index (Phi) is 32.3. The Hall–Kier alpha value is 0.430. The Morgan fingerprint density at radius 1 is 0.211 bits per heavy atom. The van der Waals surface area contributed by atoms with Crippen LogP contribution in [0.15, 0.2) is 0 Å². The van der Waals surface area contributed by atoms with Crippen molar-refractivity contribution < 1.29 is 0 Å². The van der Waals surface area contributed by atoms with Crippen molar-refractivity contribution in [3.8, 4) is 0 Å². The zero-order chi connectivity index (χ0) is 27.8. The van der Waals surface area contributed by atoms with Gasteiger partial charge in [-0.25, -0.2) is 0 Å². The van der Waals surface area contributed by atoms with Crippen LogP contribution in [0.3, 0.4) is 0 Å². The second kappa shape index (κ2) is 32.0. The van der Waals surface area contributed by atoms with E-state index in [1.165, 1.54) is 167 Å². The van der Waals surface area contributed by atoms with Gasteiger partial charge in [0.25, 0.3) is 0 Å². The predicted molar refractivity (Wildman–Crippen MR) is 184 cm³/mol. The summed E-state index contributed by atoms with van der Waals surface area (Å²) in [5.41, 5.74) is 0. The zero-order valence-electron chi connectivity index (χ0n) is 27.8. The van der Waals surface area contributed by atoms with Gasteiger partial charge in [-0.3, -0.25) is 0 Å². The van der Waals surface area contributed by atoms with Crippen molar-refractivity contribution in [2.75, 3.05) is 24.6 Å². The second-order valence-corrected chi connectivity index (χ2v) is 18.3. The van der Waals surface area contributed by atoms with Gasteiger partial charge < -0.3 is 0 Å². The Morgan fingerprint density at radius 3 is 0.632 bits per heavy atom. The molecule has 0 fully saturated rings. The van der Waals surface area contributed by atoms with E-state index in [1.807, 2.05) is 0 Å². The van der Waals surface area contributed by atoms with Crippen molar-refractivity contribution in [3.63, 3.8) is 0 Å². The predicted octanol–water partition coefficient (Wildman–Crippen LogP) is 14.1. The van der Waals surface area contributed by atoms with Crippen LogP contribution in [-0.4, -0.2) is 24.6 Å². The molecule has 0 rings (SSSR count). The standard InChI is InChI=1S/C37H79P/c1-5-9-13-16-19-22-25-28-31-35-38(34-12-8-4,36-32-29-26-23-20-17-14-10-6-2)37-33-30-27-24-21-18-15-11-7-3/h38H,5-37H2,1-4H3. The summed E-state index contributed by atoms with van der Waals surface area (Å²) in [4.78, 5) is 0. The van der Waals surface area contributed by atoms with Crippen LogP contribution in [0.4, 0.5) is 0 Å². The van der Waals surface area contributed by atoms with Crippen molar-refractivity contribution >= 4 is 7.26 Å². The molecule has 0 aliphatic carbocycles. The maximum atomic E-state index is 2.44. The van der Waals surface area contributed by atoms with Crippen molar-refractivity contribution in [1.82, 2.24) is 0 Å². The molecule has 0 aromatic rings. The Morgan fingerprint density at radius 2 is 0.395 bits per heavy atom. The molecule has 0 atom stereocenters. The molecule has 0 radical (unpaired) electrons. The minimum absolute atomic E-state index is 1.07. The molecule has 0 aliphatic rings. The molecular weight excluding hydrogens is 475 g/mol. The van der Waals surface area contributed by atoms with Gasteiger partial charge in [0.1, 0.15) is 0 Å². The Balaban J connectivity index is 4.49. The van der Waals surface area contributed by atoms with Crippen molar-refractivity contribution in [2.24, 2.45) is 0 Å². The van der Waals surface area contributed by atoms with Crippen molar-refractivity contribution in [2.45, 2.75) is 214 Å². The van der Waals surface area contributed by atoms with E-state index in [-0.39, 0.29) is 0 Å². The number of hydrogen-bond acceptors (Lipinski definition) is 0. The van der Waals surface area contributed by atoms with E-state index >= 15 is 0 Å². The van der Waals surface area contributed by atoms with Crippen LogP contribution in [0.2, 0.25) is 0 Å². The summed E-state index contributed by atoms with van der Waals surface area (Å²) in [6.45, 7) is 9.43. The fourth-order valence-electron chi connectivity index (χ4n) is 6.73. The molecule has 0 bridgehead atoms. The number of hydrogen-bond donors (Lipinski definition) is 0. The molecular formula is C37H79P. The second-order valence-electron chi connectivity index (χ2n) is 13.3. The molecule has 0 aliphatic heterocycles. The van der Waals surface area contributed by atoms with Crippen LogP contribution in [0, 0.1) is 0 Å². The van der Waals surface area contributed by atoms with Crippen LogP contribution in [0.1, 0.15) is 214 Å². The average Bonchev–Trinajstić information content (AvgIpc) is 2.93. The molecule has 1 heteroatoms. The molecule has 0 heterocycles. The monoisotopic (exact) mass is 555 g/mol. The molecule has 0 spiro atoms. The maximum absolute atomic E-state index is 2.44. The molecule has 38 heavy (non-hydrogen) atoms. The van der Waals surface area contributed by atoms with Gasteiger partial charge in [0.2, 0.25) is 0 Å². The van der Waals surface area contributed by atoms with Crippen molar-refractivity contribution in [3.05, 3.63) is 0 Å². The van der Waals surface area contributed by atoms with E-state index in [0.717, 1.165) is 0 Å². The first-order valence-electron chi connectivity index (χ1n) is 18.7. The van der Waals surface area contributed by atoms with Gasteiger partial charge in [0.15, 0.2) is 0 Å². The normalized spacial score (nSPS) is 12.4. The summed E-state index contributed by atoms with van der Waals surface area (Å²) in [7, 11) is -1.07. The third-order valence-corrected chi connectivity index (χ3v) is 15.1. The van der Waals surface area contributed by atoms with Gasteiger partial charge in [-0.1, -0.05) is 0 Å². The van der Waals surface area contributed by atoms with Gasteiger partial charge >= 0.3 is 246 Å². The van der Waals surface area contributed by atoms with E-state index < -0.39 is 7.26 Å². The van der Waals surface area contributed by atoms with Crippen LogP contribution in [-0.2, 0) is 0 Å². The van der Waals surface area contributed by atoms with Gasteiger partial charge in [-0.05, 0) is 0 Å². The fraction of sp³-hybridized carbons (Fsp3) is 1.00. The third kappa shape index (κ3) is 26.6. The molecule has 0 N–H and O–H groups in total.